The van der Waals surface area contributed by atoms with Crippen LogP contribution in [0.4, 0.5) is 11.8 Å². The summed E-state index contributed by atoms with van der Waals surface area (Å²) in [5.74, 6) is 2.12. The van der Waals surface area contributed by atoms with E-state index >= 15 is 0 Å². The number of hydrogen-bond acceptors (Lipinski definition) is 9. The van der Waals surface area contributed by atoms with Crippen molar-refractivity contribution in [3.63, 3.8) is 0 Å². The van der Waals surface area contributed by atoms with Gasteiger partial charge in [0.1, 0.15) is 22.5 Å². The molecule has 3 aromatic heterocycles. The van der Waals surface area contributed by atoms with Gasteiger partial charge in [-0.05, 0) is 87.4 Å². The summed E-state index contributed by atoms with van der Waals surface area (Å²) in [6.45, 7) is 5.03. The van der Waals surface area contributed by atoms with E-state index in [1.54, 1.807) is 13.3 Å². The molecule has 40 heavy (non-hydrogen) atoms. The third-order valence-corrected chi connectivity index (χ3v) is 9.70. The number of ether oxygens (including phenoxy) is 1. The minimum atomic E-state index is 0.0813. The Bertz CT molecular complexity index is 1300. The molecular weight excluding hydrogens is 504 g/mol. The first kappa shape index (κ1) is 27.2. The standard InChI is InChI=1S/C30H44N8O2/c1-3-5-22(8-13-39)34-28-27-24(35-29(31)36-28)18-33-38(27)19-25-26(40-2)14-21(17-32-25)20-6-11-37(12-7-20)23-15-30(16-23)9-4-10-30/h14,17-18,20,22-23,39H,3-13,15-16,19H2,1-2H3,(H3,31,34,35,36). The number of nitrogens with one attached hydrogen (secondary N) is 1. The van der Waals surface area contributed by atoms with Gasteiger partial charge in [0.2, 0.25) is 5.95 Å². The van der Waals surface area contributed by atoms with Gasteiger partial charge in [-0.2, -0.15) is 10.1 Å². The molecule has 0 bridgehead atoms. The smallest absolute Gasteiger partial charge is 0.222 e. The van der Waals surface area contributed by atoms with Crippen molar-refractivity contribution in [2.45, 2.75) is 95.7 Å². The second-order valence-corrected chi connectivity index (χ2v) is 12.3. The molecule has 4 heterocycles. The van der Waals surface area contributed by atoms with E-state index in [1.165, 1.54) is 63.6 Å². The summed E-state index contributed by atoms with van der Waals surface area (Å²) in [7, 11) is 1.71. The molecule has 2 saturated carbocycles. The molecule has 216 valence electrons. The van der Waals surface area contributed by atoms with Crippen molar-refractivity contribution in [2.75, 3.05) is 37.9 Å². The molecule has 2 aliphatic carbocycles. The number of aliphatic hydroxyl groups excluding tert-OH is 1. The lowest BCUT2D eigenvalue weighted by Crippen LogP contribution is -2.55. The number of rotatable bonds is 11. The van der Waals surface area contributed by atoms with Crippen LogP contribution in [0.2, 0.25) is 0 Å². The molecule has 3 aromatic rings. The van der Waals surface area contributed by atoms with Gasteiger partial charge in [-0.25, -0.2) is 4.98 Å². The van der Waals surface area contributed by atoms with Crippen molar-refractivity contribution in [1.29, 1.82) is 0 Å². The maximum atomic E-state index is 9.53. The van der Waals surface area contributed by atoms with E-state index in [4.69, 9.17) is 15.5 Å². The zero-order chi connectivity index (χ0) is 27.7. The fourth-order valence-electron chi connectivity index (χ4n) is 7.25. The van der Waals surface area contributed by atoms with E-state index in [9.17, 15) is 5.11 Å². The Morgan fingerprint density at radius 2 is 1.98 bits per heavy atom. The number of nitrogen functional groups attached to an aromatic ring is 1. The normalized spacial score (nSPS) is 20.4. The molecular formula is C30H44N8O2. The van der Waals surface area contributed by atoms with E-state index in [2.05, 4.69) is 38.3 Å². The Labute approximate surface area is 236 Å². The second-order valence-electron chi connectivity index (χ2n) is 12.3. The topological polar surface area (TPSA) is 127 Å². The highest BCUT2D eigenvalue weighted by Gasteiger charge is 2.50. The Morgan fingerprint density at radius 1 is 1.18 bits per heavy atom. The number of likely N-dealkylation sites (tertiary alicyclic amines) is 1. The molecule has 3 aliphatic rings. The number of piperidine rings is 1. The van der Waals surface area contributed by atoms with Crippen LogP contribution in [-0.4, -0.2) is 73.6 Å². The fourth-order valence-corrected chi connectivity index (χ4v) is 7.25. The summed E-state index contributed by atoms with van der Waals surface area (Å²) >= 11 is 0. The summed E-state index contributed by atoms with van der Waals surface area (Å²) in [4.78, 5) is 16.5. The average Bonchev–Trinajstić information content (AvgIpc) is 3.30. The SMILES string of the molecule is CCCC(CCO)Nc1nc(N)nc2cnn(Cc3ncc(C4CCN(C5CC6(CCC6)C5)CC4)cc3OC)c12. The lowest BCUT2D eigenvalue weighted by Gasteiger charge is -2.58. The van der Waals surface area contributed by atoms with Gasteiger partial charge < -0.3 is 25.8 Å². The second kappa shape index (κ2) is 11.5. The number of aromatic nitrogens is 5. The van der Waals surface area contributed by atoms with E-state index in [1.807, 2.05) is 10.9 Å². The quantitative estimate of drug-likeness (QED) is 0.321. The number of pyridine rings is 1. The van der Waals surface area contributed by atoms with E-state index in [0.29, 0.717) is 30.2 Å². The minimum Gasteiger partial charge on any atom is -0.495 e. The van der Waals surface area contributed by atoms with Gasteiger partial charge >= 0.3 is 0 Å². The molecule has 1 spiro atoms. The van der Waals surface area contributed by atoms with E-state index < -0.39 is 0 Å². The fraction of sp³-hybridized carbons (Fsp3) is 0.667. The van der Waals surface area contributed by atoms with Crippen molar-refractivity contribution < 1.29 is 9.84 Å². The number of aliphatic hydroxyl groups is 1. The van der Waals surface area contributed by atoms with Crippen LogP contribution in [0.3, 0.4) is 0 Å². The van der Waals surface area contributed by atoms with Gasteiger partial charge in [0.15, 0.2) is 5.82 Å². The zero-order valence-electron chi connectivity index (χ0n) is 24.0. The molecule has 0 amide bonds. The highest BCUT2D eigenvalue weighted by molar-refractivity contribution is 5.86. The average molecular weight is 549 g/mol. The number of anilines is 2. The molecule has 1 atom stereocenters. The van der Waals surface area contributed by atoms with Crippen molar-refractivity contribution in [3.8, 4) is 5.75 Å². The van der Waals surface area contributed by atoms with Crippen LogP contribution in [0, 0.1) is 5.41 Å². The first-order valence-corrected chi connectivity index (χ1v) is 15.1. The van der Waals surface area contributed by atoms with Crippen LogP contribution < -0.4 is 15.8 Å². The third kappa shape index (κ3) is 5.35. The number of nitrogens with zero attached hydrogens (tertiary/aromatic N) is 6. The summed E-state index contributed by atoms with van der Waals surface area (Å²) < 4.78 is 7.69. The van der Waals surface area contributed by atoms with Crippen LogP contribution in [0.15, 0.2) is 18.5 Å². The summed E-state index contributed by atoms with van der Waals surface area (Å²) in [6.07, 6.45) is 15.9. The van der Waals surface area contributed by atoms with E-state index in [0.717, 1.165) is 41.3 Å². The van der Waals surface area contributed by atoms with Crippen LogP contribution in [0.25, 0.3) is 11.0 Å². The molecule has 3 fully saturated rings. The van der Waals surface area contributed by atoms with Crippen LogP contribution in [0.1, 0.15) is 88.3 Å². The first-order chi connectivity index (χ1) is 19.5. The predicted octanol–water partition coefficient (Wildman–Crippen LogP) is 4.34. The first-order valence-electron chi connectivity index (χ1n) is 15.1. The molecule has 10 heteroatoms. The number of fused-ring (bicyclic) bond motifs is 1. The number of nitrogens with two attached hydrogens (primary N) is 1. The lowest BCUT2D eigenvalue weighted by atomic mass is 9.53. The lowest BCUT2D eigenvalue weighted by molar-refractivity contribution is -0.0611. The molecule has 1 saturated heterocycles. The van der Waals surface area contributed by atoms with Crippen LogP contribution in [-0.2, 0) is 6.54 Å². The molecule has 0 aromatic carbocycles. The summed E-state index contributed by atoms with van der Waals surface area (Å²) in [6, 6.07) is 3.07. The van der Waals surface area contributed by atoms with Crippen molar-refractivity contribution in [3.05, 3.63) is 29.7 Å². The summed E-state index contributed by atoms with van der Waals surface area (Å²) in [5, 5.41) is 17.6. The maximum absolute atomic E-state index is 9.53. The van der Waals surface area contributed by atoms with Gasteiger partial charge in [-0.15, -0.1) is 0 Å². The molecule has 4 N–H and O–H groups in total. The van der Waals surface area contributed by atoms with Crippen molar-refractivity contribution in [1.82, 2.24) is 29.6 Å². The van der Waals surface area contributed by atoms with Gasteiger partial charge in [0.25, 0.3) is 0 Å². The highest BCUT2D eigenvalue weighted by Crippen LogP contribution is 2.57. The molecule has 6 rings (SSSR count). The third-order valence-electron chi connectivity index (χ3n) is 9.70. The highest BCUT2D eigenvalue weighted by atomic mass is 16.5. The largest absolute Gasteiger partial charge is 0.495 e. The molecule has 1 unspecified atom stereocenters. The van der Waals surface area contributed by atoms with Gasteiger partial charge in [-0.1, -0.05) is 19.8 Å². The van der Waals surface area contributed by atoms with Crippen molar-refractivity contribution >= 4 is 22.8 Å². The molecule has 10 nitrogen and oxygen atoms in total. The Morgan fingerprint density at radius 3 is 2.65 bits per heavy atom. The van der Waals surface area contributed by atoms with Gasteiger partial charge in [-0.3, -0.25) is 9.67 Å². The number of hydrogen-bond donors (Lipinski definition) is 3. The zero-order valence-corrected chi connectivity index (χ0v) is 24.0. The van der Waals surface area contributed by atoms with Crippen LogP contribution in [0.5, 0.6) is 5.75 Å². The predicted molar refractivity (Wildman–Crippen MR) is 157 cm³/mol. The molecule has 0 radical (unpaired) electrons. The van der Waals surface area contributed by atoms with Crippen molar-refractivity contribution in [2.24, 2.45) is 5.41 Å². The van der Waals surface area contributed by atoms with Gasteiger partial charge in [0.05, 0.1) is 19.9 Å². The Balaban J connectivity index is 1.16. The molecule has 1 aliphatic heterocycles. The maximum Gasteiger partial charge on any atom is 0.222 e. The Hall–Kier alpha value is -2.98. The minimum absolute atomic E-state index is 0.0813. The summed E-state index contributed by atoms with van der Waals surface area (Å²) in [5.41, 5.74) is 10.3. The monoisotopic (exact) mass is 548 g/mol. The van der Waals surface area contributed by atoms with Crippen LogP contribution >= 0.6 is 0 Å². The van der Waals surface area contributed by atoms with Gasteiger partial charge in [0, 0.05) is 24.9 Å². The Kier molecular flexibility index (Phi) is 7.81. The number of methoxy groups -OCH3 is 1. The van der Waals surface area contributed by atoms with E-state index in [-0.39, 0.29) is 18.6 Å².